The molecule has 0 saturated carbocycles. The van der Waals surface area contributed by atoms with Gasteiger partial charge in [0, 0.05) is 5.56 Å². The quantitative estimate of drug-likeness (QED) is 0.560. The van der Waals surface area contributed by atoms with Crippen molar-refractivity contribution in [2.45, 2.75) is 13.8 Å². The number of aryl methyl sites for hydroxylation is 1. The second-order valence-corrected chi connectivity index (χ2v) is 5.67. The number of benzene rings is 2. The van der Waals surface area contributed by atoms with Crippen molar-refractivity contribution in [2.24, 2.45) is 5.10 Å². The molecule has 1 heterocycles. The lowest BCUT2D eigenvalue weighted by Gasteiger charge is -2.05. The van der Waals surface area contributed by atoms with Gasteiger partial charge in [-0.3, -0.25) is 0 Å². The molecule has 0 aliphatic heterocycles. The van der Waals surface area contributed by atoms with E-state index in [9.17, 15) is 0 Å². The molecule has 5 nitrogen and oxygen atoms in total. The molecular weight excluding hydrogens is 320 g/mol. The minimum atomic E-state index is 0.440. The molecule has 1 aromatic heterocycles. The zero-order valence-corrected chi connectivity index (χ0v) is 14.4. The Morgan fingerprint density at radius 1 is 1.25 bits per heavy atom. The number of nitrogens with zero attached hydrogens (tertiary/aromatic N) is 3. The van der Waals surface area contributed by atoms with E-state index in [4.69, 9.17) is 17.0 Å². The summed E-state index contributed by atoms with van der Waals surface area (Å²) in [5.74, 6) is 1.43. The van der Waals surface area contributed by atoms with Crippen LogP contribution in [0.25, 0.3) is 11.4 Å². The van der Waals surface area contributed by atoms with E-state index in [1.54, 1.807) is 10.9 Å². The predicted molar refractivity (Wildman–Crippen MR) is 98.2 cm³/mol. The SMILES string of the molecule is CCOc1cccc(-c2n[nH]c(=S)n2/N=C\c2cccc(C)c2)c1. The smallest absolute Gasteiger partial charge is 0.216 e. The average molecular weight is 338 g/mol. The molecule has 0 atom stereocenters. The van der Waals surface area contributed by atoms with E-state index in [0.29, 0.717) is 17.2 Å². The van der Waals surface area contributed by atoms with Crippen molar-refractivity contribution in [3.63, 3.8) is 0 Å². The topological polar surface area (TPSA) is 55.2 Å². The van der Waals surface area contributed by atoms with Crippen LogP contribution >= 0.6 is 12.2 Å². The molecule has 24 heavy (non-hydrogen) atoms. The minimum Gasteiger partial charge on any atom is -0.494 e. The summed E-state index contributed by atoms with van der Waals surface area (Å²) < 4.78 is 7.60. The first-order chi connectivity index (χ1) is 11.7. The van der Waals surface area contributed by atoms with Crippen molar-refractivity contribution >= 4 is 18.4 Å². The van der Waals surface area contributed by atoms with Gasteiger partial charge in [-0.1, -0.05) is 42.0 Å². The molecule has 3 rings (SSSR count). The van der Waals surface area contributed by atoms with Gasteiger partial charge in [0.25, 0.3) is 0 Å². The third-order valence-electron chi connectivity index (χ3n) is 3.42. The van der Waals surface area contributed by atoms with Gasteiger partial charge >= 0.3 is 0 Å². The number of aromatic nitrogens is 3. The Bertz CT molecular complexity index is 927. The lowest BCUT2D eigenvalue weighted by Crippen LogP contribution is -1.96. The van der Waals surface area contributed by atoms with Crippen LogP contribution in [0.1, 0.15) is 18.1 Å². The van der Waals surface area contributed by atoms with Crippen molar-refractivity contribution in [3.05, 3.63) is 64.4 Å². The Balaban J connectivity index is 1.97. The van der Waals surface area contributed by atoms with Crippen LogP contribution in [-0.4, -0.2) is 27.7 Å². The normalized spacial score (nSPS) is 11.1. The third kappa shape index (κ3) is 3.60. The van der Waals surface area contributed by atoms with Gasteiger partial charge in [-0.25, -0.2) is 5.10 Å². The number of hydrogen-bond acceptors (Lipinski definition) is 4. The van der Waals surface area contributed by atoms with Crippen LogP contribution in [-0.2, 0) is 0 Å². The van der Waals surface area contributed by atoms with Crippen LogP contribution in [0.2, 0.25) is 0 Å². The van der Waals surface area contributed by atoms with Crippen LogP contribution in [0, 0.1) is 11.7 Å². The Kier molecular flexibility index (Phi) is 4.86. The van der Waals surface area contributed by atoms with E-state index in [-0.39, 0.29) is 0 Å². The van der Waals surface area contributed by atoms with E-state index in [1.165, 1.54) is 5.56 Å². The number of rotatable bonds is 5. The van der Waals surface area contributed by atoms with Crippen molar-refractivity contribution in [2.75, 3.05) is 6.61 Å². The highest BCUT2D eigenvalue weighted by Gasteiger charge is 2.09. The molecular formula is C18H18N4OS. The van der Waals surface area contributed by atoms with Gasteiger partial charge in [0.2, 0.25) is 4.77 Å². The van der Waals surface area contributed by atoms with Crippen molar-refractivity contribution in [3.8, 4) is 17.1 Å². The summed E-state index contributed by atoms with van der Waals surface area (Å²) in [6, 6.07) is 15.8. The molecule has 2 aromatic carbocycles. The molecule has 0 spiro atoms. The van der Waals surface area contributed by atoms with Crippen molar-refractivity contribution < 1.29 is 4.74 Å². The molecule has 0 fully saturated rings. The Morgan fingerprint density at radius 2 is 2.08 bits per heavy atom. The largest absolute Gasteiger partial charge is 0.494 e. The van der Waals surface area contributed by atoms with Gasteiger partial charge in [0.1, 0.15) is 5.75 Å². The fourth-order valence-electron chi connectivity index (χ4n) is 2.35. The average Bonchev–Trinajstić information content (AvgIpc) is 2.94. The Hall–Kier alpha value is -2.73. The number of aromatic amines is 1. The van der Waals surface area contributed by atoms with Gasteiger partial charge in [-0.15, -0.1) is 0 Å². The molecule has 0 bridgehead atoms. The Morgan fingerprint density at radius 3 is 2.88 bits per heavy atom. The van der Waals surface area contributed by atoms with Gasteiger partial charge in [-0.05, 0) is 43.8 Å². The number of ether oxygens (including phenoxy) is 1. The first kappa shape index (κ1) is 16.1. The maximum absolute atomic E-state index is 5.55. The highest BCUT2D eigenvalue weighted by atomic mass is 32.1. The van der Waals surface area contributed by atoms with Gasteiger partial charge in [0.15, 0.2) is 5.82 Å². The van der Waals surface area contributed by atoms with Crippen LogP contribution in [0.15, 0.2) is 53.6 Å². The second-order valence-electron chi connectivity index (χ2n) is 5.28. The fourth-order valence-corrected chi connectivity index (χ4v) is 2.53. The van der Waals surface area contributed by atoms with Crippen LogP contribution in [0.4, 0.5) is 0 Å². The predicted octanol–water partition coefficient (Wildman–Crippen LogP) is 4.20. The lowest BCUT2D eigenvalue weighted by molar-refractivity contribution is 0.340. The lowest BCUT2D eigenvalue weighted by atomic mass is 10.2. The minimum absolute atomic E-state index is 0.440. The van der Waals surface area contributed by atoms with E-state index in [1.807, 2.05) is 56.3 Å². The molecule has 122 valence electrons. The van der Waals surface area contributed by atoms with Crippen molar-refractivity contribution in [1.29, 1.82) is 0 Å². The highest BCUT2D eigenvalue weighted by Crippen LogP contribution is 2.22. The number of nitrogens with one attached hydrogen (secondary N) is 1. The monoisotopic (exact) mass is 338 g/mol. The van der Waals surface area contributed by atoms with Gasteiger partial charge in [-0.2, -0.15) is 14.9 Å². The summed E-state index contributed by atoms with van der Waals surface area (Å²) in [5.41, 5.74) is 3.07. The summed E-state index contributed by atoms with van der Waals surface area (Å²) in [5, 5.41) is 11.6. The highest BCUT2D eigenvalue weighted by molar-refractivity contribution is 7.71. The fraction of sp³-hybridized carbons (Fsp3) is 0.167. The van der Waals surface area contributed by atoms with E-state index in [0.717, 1.165) is 16.9 Å². The van der Waals surface area contributed by atoms with Gasteiger partial charge in [0.05, 0.1) is 12.8 Å². The molecule has 0 unspecified atom stereocenters. The number of H-pyrrole nitrogens is 1. The summed E-state index contributed by atoms with van der Waals surface area (Å²) in [7, 11) is 0. The van der Waals surface area contributed by atoms with E-state index < -0.39 is 0 Å². The van der Waals surface area contributed by atoms with Crippen molar-refractivity contribution in [1.82, 2.24) is 14.9 Å². The van der Waals surface area contributed by atoms with Gasteiger partial charge < -0.3 is 4.74 Å². The second kappa shape index (κ2) is 7.23. The first-order valence-corrected chi connectivity index (χ1v) is 8.10. The van der Waals surface area contributed by atoms with E-state index >= 15 is 0 Å². The molecule has 0 saturated heterocycles. The standard InChI is InChI=1S/C18H18N4OS/c1-3-23-16-9-5-8-15(11-16)17-20-21-18(24)22(17)19-12-14-7-4-6-13(2)10-14/h4-12H,3H2,1-2H3,(H,21,24)/b19-12-. The maximum Gasteiger partial charge on any atom is 0.216 e. The molecule has 0 aliphatic carbocycles. The zero-order chi connectivity index (χ0) is 16.9. The molecule has 0 radical (unpaired) electrons. The summed E-state index contributed by atoms with van der Waals surface area (Å²) in [4.78, 5) is 0. The molecule has 1 N–H and O–H groups in total. The molecule has 6 heteroatoms. The zero-order valence-electron chi connectivity index (χ0n) is 13.6. The third-order valence-corrected chi connectivity index (χ3v) is 3.68. The Labute approximate surface area is 145 Å². The van der Waals surface area contributed by atoms with Crippen LogP contribution in [0.5, 0.6) is 5.75 Å². The summed E-state index contributed by atoms with van der Waals surface area (Å²) in [6.45, 7) is 4.61. The van der Waals surface area contributed by atoms with E-state index in [2.05, 4.69) is 21.4 Å². The molecule has 0 aliphatic rings. The molecule has 0 amide bonds. The maximum atomic E-state index is 5.55. The summed E-state index contributed by atoms with van der Waals surface area (Å²) in [6.07, 6.45) is 1.77. The van der Waals surface area contributed by atoms with Crippen LogP contribution < -0.4 is 4.74 Å². The molecule has 3 aromatic rings. The number of hydrogen-bond donors (Lipinski definition) is 1. The summed E-state index contributed by atoms with van der Waals surface area (Å²) >= 11 is 5.30. The van der Waals surface area contributed by atoms with Crippen LogP contribution in [0.3, 0.4) is 0 Å². The first-order valence-electron chi connectivity index (χ1n) is 7.69.